The van der Waals surface area contributed by atoms with Crippen LogP contribution in [0.25, 0.3) is 0 Å². The lowest BCUT2D eigenvalue weighted by molar-refractivity contribution is -0.274. The van der Waals surface area contributed by atoms with Crippen LogP contribution < -0.4 is 4.74 Å². The van der Waals surface area contributed by atoms with Crippen LogP contribution in [0.3, 0.4) is 0 Å². The normalized spacial score (nSPS) is 21.0. The van der Waals surface area contributed by atoms with Crippen LogP contribution in [0.15, 0.2) is 24.3 Å². The third-order valence-corrected chi connectivity index (χ3v) is 8.10. The average molecular weight is 439 g/mol. The minimum Gasteiger partial charge on any atom is -0.406 e. The third kappa shape index (κ3) is 7.15. The molecule has 1 nitrogen and oxygen atoms in total. The molecule has 2 aliphatic rings. The van der Waals surface area contributed by atoms with Gasteiger partial charge in [0.15, 0.2) is 0 Å². The fraction of sp³-hybridized carbons (Fsp3) is 0.778. The van der Waals surface area contributed by atoms with Gasteiger partial charge in [0, 0.05) is 0 Å². The number of ether oxygens (including phenoxy) is 1. The molecule has 0 saturated heterocycles. The van der Waals surface area contributed by atoms with Gasteiger partial charge in [0.05, 0.1) is 0 Å². The molecule has 0 bridgehead atoms. The number of unbranched alkanes of at least 4 members (excludes halogenated alkanes) is 2. The summed E-state index contributed by atoms with van der Waals surface area (Å²) in [6.07, 6.45) is 17.6. The van der Waals surface area contributed by atoms with E-state index < -0.39 is 6.36 Å². The Kier molecular flexibility index (Phi) is 8.75. The van der Waals surface area contributed by atoms with E-state index in [0.29, 0.717) is 5.41 Å². The lowest BCUT2D eigenvalue weighted by Crippen LogP contribution is -2.29. The zero-order valence-corrected chi connectivity index (χ0v) is 19.4. The van der Waals surface area contributed by atoms with Crippen molar-refractivity contribution in [1.82, 2.24) is 0 Å². The van der Waals surface area contributed by atoms with Gasteiger partial charge in [-0.1, -0.05) is 83.3 Å². The second-order valence-electron chi connectivity index (χ2n) is 10.3. The van der Waals surface area contributed by atoms with Gasteiger partial charge in [-0.2, -0.15) is 0 Å². The standard InChI is InChI=1S/C27H41F3O/c1-2-3-16-25(17-6-4-7-18-25)19-10-11-22-26(20-8-5-9-21-26)23-12-14-24(15-13-23)31-27(28,29)30/h12-15H,2-11,16-22H2,1H3. The topological polar surface area (TPSA) is 9.23 Å². The van der Waals surface area contributed by atoms with Crippen molar-refractivity contribution in [2.45, 2.75) is 128 Å². The Morgan fingerprint density at radius 1 is 0.742 bits per heavy atom. The Morgan fingerprint density at radius 2 is 1.29 bits per heavy atom. The van der Waals surface area contributed by atoms with Gasteiger partial charge in [-0.05, 0) is 73.5 Å². The maximum absolute atomic E-state index is 12.5. The monoisotopic (exact) mass is 438 g/mol. The summed E-state index contributed by atoms with van der Waals surface area (Å²) in [4.78, 5) is 0. The van der Waals surface area contributed by atoms with Gasteiger partial charge in [0.1, 0.15) is 5.75 Å². The molecule has 1 aromatic carbocycles. The number of alkyl halides is 3. The van der Waals surface area contributed by atoms with E-state index in [-0.39, 0.29) is 11.2 Å². The van der Waals surface area contributed by atoms with Gasteiger partial charge in [0.25, 0.3) is 0 Å². The van der Waals surface area contributed by atoms with Gasteiger partial charge >= 0.3 is 6.36 Å². The minimum atomic E-state index is -4.63. The highest BCUT2D eigenvalue weighted by Crippen LogP contribution is 2.47. The summed E-state index contributed by atoms with van der Waals surface area (Å²) in [6, 6.07) is 6.77. The molecular formula is C27H41F3O. The van der Waals surface area contributed by atoms with Crippen LogP contribution in [0, 0.1) is 5.41 Å². The lowest BCUT2D eigenvalue weighted by Gasteiger charge is -2.40. The van der Waals surface area contributed by atoms with Crippen LogP contribution in [0.2, 0.25) is 0 Å². The SMILES string of the molecule is CCCCC1(CCCCC2(c3ccc(OC(F)(F)F)cc3)CCCCC2)CCCCC1. The number of rotatable bonds is 10. The van der Waals surface area contributed by atoms with Gasteiger partial charge in [0.2, 0.25) is 0 Å². The third-order valence-electron chi connectivity index (χ3n) is 8.10. The molecule has 2 fully saturated rings. The molecule has 0 spiro atoms. The van der Waals surface area contributed by atoms with Crippen molar-refractivity contribution in [2.75, 3.05) is 0 Å². The Labute approximate surface area is 187 Å². The van der Waals surface area contributed by atoms with Crippen molar-refractivity contribution in [2.24, 2.45) is 5.41 Å². The predicted molar refractivity (Wildman–Crippen MR) is 121 cm³/mol. The molecule has 0 heterocycles. The van der Waals surface area contributed by atoms with Crippen molar-refractivity contribution in [3.05, 3.63) is 29.8 Å². The lowest BCUT2D eigenvalue weighted by atomic mass is 9.65. The van der Waals surface area contributed by atoms with E-state index in [0.717, 1.165) is 19.3 Å². The Morgan fingerprint density at radius 3 is 1.87 bits per heavy atom. The molecule has 176 valence electrons. The highest BCUT2D eigenvalue weighted by molar-refractivity contribution is 5.33. The van der Waals surface area contributed by atoms with Crippen LogP contribution in [0.1, 0.15) is 122 Å². The van der Waals surface area contributed by atoms with Crippen LogP contribution in [0.4, 0.5) is 13.2 Å². The molecule has 1 aromatic rings. The Hall–Kier alpha value is -1.19. The van der Waals surface area contributed by atoms with E-state index in [2.05, 4.69) is 11.7 Å². The maximum Gasteiger partial charge on any atom is 0.573 e. The fourth-order valence-corrected chi connectivity index (χ4v) is 6.36. The molecule has 3 rings (SSSR count). The molecule has 0 radical (unpaired) electrons. The van der Waals surface area contributed by atoms with Crippen LogP contribution in [0.5, 0.6) is 5.75 Å². The zero-order chi connectivity index (χ0) is 22.2. The van der Waals surface area contributed by atoms with Crippen LogP contribution in [-0.4, -0.2) is 6.36 Å². The molecule has 0 atom stereocenters. The summed E-state index contributed by atoms with van der Waals surface area (Å²) in [5.74, 6) is -0.114. The quantitative estimate of drug-likeness (QED) is 0.330. The first-order valence-corrected chi connectivity index (χ1v) is 12.7. The largest absolute Gasteiger partial charge is 0.573 e. The van der Waals surface area contributed by atoms with Gasteiger partial charge < -0.3 is 4.74 Å². The van der Waals surface area contributed by atoms with Crippen molar-refractivity contribution < 1.29 is 17.9 Å². The van der Waals surface area contributed by atoms with E-state index in [9.17, 15) is 13.2 Å². The van der Waals surface area contributed by atoms with Crippen molar-refractivity contribution >= 4 is 0 Å². The number of halogens is 3. The summed E-state index contributed by atoms with van der Waals surface area (Å²) in [6.45, 7) is 2.30. The fourth-order valence-electron chi connectivity index (χ4n) is 6.36. The van der Waals surface area contributed by atoms with Gasteiger partial charge in [-0.15, -0.1) is 13.2 Å². The molecule has 0 aliphatic heterocycles. The first-order valence-electron chi connectivity index (χ1n) is 12.7. The molecule has 2 aliphatic carbocycles. The smallest absolute Gasteiger partial charge is 0.406 e. The highest BCUT2D eigenvalue weighted by atomic mass is 19.4. The Balaban J connectivity index is 1.60. The molecule has 31 heavy (non-hydrogen) atoms. The number of hydrogen-bond acceptors (Lipinski definition) is 1. The highest BCUT2D eigenvalue weighted by Gasteiger charge is 2.35. The van der Waals surface area contributed by atoms with Crippen LogP contribution >= 0.6 is 0 Å². The zero-order valence-electron chi connectivity index (χ0n) is 19.4. The van der Waals surface area contributed by atoms with E-state index in [1.807, 2.05) is 12.1 Å². The second kappa shape index (κ2) is 11.1. The number of hydrogen-bond donors (Lipinski definition) is 0. The van der Waals surface area contributed by atoms with E-state index in [1.165, 1.54) is 108 Å². The summed E-state index contributed by atoms with van der Waals surface area (Å²) in [5.41, 5.74) is 1.93. The predicted octanol–water partition coefficient (Wildman–Crippen LogP) is 9.49. The van der Waals surface area contributed by atoms with E-state index in [4.69, 9.17) is 0 Å². The van der Waals surface area contributed by atoms with E-state index >= 15 is 0 Å². The molecular weight excluding hydrogens is 397 g/mol. The minimum absolute atomic E-state index is 0.114. The summed E-state index contributed by atoms with van der Waals surface area (Å²) < 4.78 is 41.6. The summed E-state index contributed by atoms with van der Waals surface area (Å²) in [5, 5.41) is 0. The molecule has 0 amide bonds. The van der Waals surface area contributed by atoms with Crippen molar-refractivity contribution in [3.8, 4) is 5.75 Å². The van der Waals surface area contributed by atoms with E-state index in [1.54, 1.807) is 0 Å². The van der Waals surface area contributed by atoms with Crippen molar-refractivity contribution in [1.29, 1.82) is 0 Å². The van der Waals surface area contributed by atoms with Crippen LogP contribution in [-0.2, 0) is 5.41 Å². The molecule has 4 heteroatoms. The van der Waals surface area contributed by atoms with Gasteiger partial charge in [-0.3, -0.25) is 0 Å². The molecule has 0 unspecified atom stereocenters. The van der Waals surface area contributed by atoms with Crippen molar-refractivity contribution in [3.63, 3.8) is 0 Å². The average Bonchev–Trinajstić information content (AvgIpc) is 2.76. The summed E-state index contributed by atoms with van der Waals surface area (Å²) in [7, 11) is 0. The summed E-state index contributed by atoms with van der Waals surface area (Å²) >= 11 is 0. The first kappa shape index (κ1) is 24.5. The molecule has 0 N–H and O–H groups in total. The second-order valence-corrected chi connectivity index (χ2v) is 10.3. The Bertz CT molecular complexity index is 637. The maximum atomic E-state index is 12.5. The van der Waals surface area contributed by atoms with Gasteiger partial charge in [-0.25, -0.2) is 0 Å². The number of benzene rings is 1. The molecule has 0 aromatic heterocycles. The molecule has 2 saturated carbocycles. The first-order chi connectivity index (χ1) is 14.9.